The topological polar surface area (TPSA) is 195 Å². The first-order valence-corrected chi connectivity index (χ1v) is 9.61. The zero-order valence-electron chi connectivity index (χ0n) is 18.3. The molecule has 11 heteroatoms. The molecule has 1 aromatic heterocycles. The third-order valence-electron chi connectivity index (χ3n) is 4.38. The maximum Gasteiger partial charge on any atom is 0.411 e. The lowest BCUT2D eigenvalue weighted by Gasteiger charge is -2.15. The Morgan fingerprint density at radius 3 is 2.29 bits per heavy atom. The van der Waals surface area contributed by atoms with E-state index in [1.807, 2.05) is 25.3 Å². The third kappa shape index (κ3) is 10.9. The number of amides is 3. The van der Waals surface area contributed by atoms with E-state index in [0.29, 0.717) is 5.75 Å². The number of hydrogen-bond donors (Lipinski definition) is 7. The van der Waals surface area contributed by atoms with Gasteiger partial charge in [0.15, 0.2) is 0 Å². The van der Waals surface area contributed by atoms with Gasteiger partial charge in [0.1, 0.15) is 5.75 Å². The predicted molar refractivity (Wildman–Crippen MR) is 118 cm³/mol. The number of likely N-dealkylation sites (N-methyl/N-ethyl adjacent to an activating group) is 1. The second-order valence-corrected chi connectivity index (χ2v) is 7.11. The summed E-state index contributed by atoms with van der Waals surface area (Å²) >= 11 is 0. The molecule has 0 radical (unpaired) electrons. The normalized spacial score (nSPS) is 12.1. The number of nitrogens with one attached hydrogen (secondary N) is 2. The van der Waals surface area contributed by atoms with E-state index in [0.717, 1.165) is 30.3 Å². The molecule has 0 aliphatic carbocycles. The van der Waals surface area contributed by atoms with Crippen LogP contribution in [-0.2, 0) is 11.2 Å². The Morgan fingerprint density at radius 2 is 1.81 bits per heavy atom. The number of nitrogens with two attached hydrogens (primary N) is 2. The number of fused-ring (bicyclic) bond motifs is 1. The van der Waals surface area contributed by atoms with Gasteiger partial charge in [-0.2, -0.15) is 0 Å². The van der Waals surface area contributed by atoms with Gasteiger partial charge in [-0.15, -0.1) is 0 Å². The minimum absolute atomic E-state index is 0.00986. The summed E-state index contributed by atoms with van der Waals surface area (Å²) in [6, 6.07) is 4.82. The summed E-state index contributed by atoms with van der Waals surface area (Å²) in [6.07, 6.45) is 0.978. The van der Waals surface area contributed by atoms with Crippen LogP contribution >= 0.6 is 0 Å². The number of phenols is 1. The van der Waals surface area contributed by atoms with Gasteiger partial charge in [-0.25, -0.2) is 9.59 Å². The molecule has 11 nitrogen and oxygen atoms in total. The lowest BCUT2D eigenvalue weighted by atomic mass is 10.00. The standard InChI is InChI=1S/C12H16N2O.C7H14N2O3.CH3NO2/c1-14(2)7-6-9-8-13-10-4-3-5-11(15)12(9)10;1-3-4(2)5(8)6(10)9-7(11)12;2-1(3)4/h3-5,8,13,15H,6-7H2,1-2H3;4-5H,3,8H2,1-2H3,(H,9,10)(H,11,12);2H2,(H,3,4)/t;4-,5-;/m.0./s1. The molecule has 31 heavy (non-hydrogen) atoms. The molecular formula is C20H33N5O6. The fourth-order valence-electron chi connectivity index (χ4n) is 2.48. The lowest BCUT2D eigenvalue weighted by molar-refractivity contribution is -0.122. The number of benzene rings is 1. The van der Waals surface area contributed by atoms with Crippen LogP contribution in [-0.4, -0.2) is 70.0 Å². The summed E-state index contributed by atoms with van der Waals surface area (Å²) in [4.78, 5) is 35.1. The first-order valence-electron chi connectivity index (χ1n) is 9.61. The number of hydrogen-bond acceptors (Lipinski definition) is 6. The van der Waals surface area contributed by atoms with E-state index in [2.05, 4.69) is 29.7 Å². The molecule has 9 N–H and O–H groups in total. The van der Waals surface area contributed by atoms with Gasteiger partial charge in [-0.1, -0.05) is 26.3 Å². The monoisotopic (exact) mass is 439 g/mol. The predicted octanol–water partition coefficient (Wildman–Crippen LogP) is 1.75. The summed E-state index contributed by atoms with van der Waals surface area (Å²) in [5.74, 6) is -0.288. The molecule has 0 aliphatic rings. The third-order valence-corrected chi connectivity index (χ3v) is 4.38. The molecule has 2 aromatic rings. The van der Waals surface area contributed by atoms with Gasteiger partial charge in [0.25, 0.3) is 0 Å². The molecule has 0 saturated carbocycles. The van der Waals surface area contributed by atoms with Crippen LogP contribution in [0.1, 0.15) is 25.8 Å². The summed E-state index contributed by atoms with van der Waals surface area (Å²) in [6.45, 7) is 4.67. The maximum absolute atomic E-state index is 10.9. The maximum atomic E-state index is 10.9. The molecule has 3 amide bonds. The molecule has 1 heterocycles. The molecule has 0 unspecified atom stereocenters. The van der Waals surface area contributed by atoms with E-state index < -0.39 is 24.1 Å². The highest BCUT2D eigenvalue weighted by atomic mass is 16.4. The van der Waals surface area contributed by atoms with Gasteiger partial charge in [-0.3, -0.25) is 10.1 Å². The summed E-state index contributed by atoms with van der Waals surface area (Å²) in [5, 5.41) is 27.8. The van der Waals surface area contributed by atoms with Crippen molar-refractivity contribution in [2.45, 2.75) is 32.7 Å². The second kappa shape index (κ2) is 13.8. The van der Waals surface area contributed by atoms with Crippen LogP contribution in [0, 0.1) is 5.92 Å². The van der Waals surface area contributed by atoms with Crippen molar-refractivity contribution in [1.82, 2.24) is 15.2 Å². The number of nitrogens with zero attached hydrogens (tertiary/aromatic N) is 1. The summed E-state index contributed by atoms with van der Waals surface area (Å²) in [7, 11) is 4.10. The van der Waals surface area contributed by atoms with Gasteiger partial charge >= 0.3 is 12.2 Å². The number of aromatic nitrogens is 1. The Bertz CT molecular complexity index is 848. The van der Waals surface area contributed by atoms with Crippen molar-refractivity contribution in [2.24, 2.45) is 17.4 Å². The number of carbonyl (C=O) groups is 3. The van der Waals surface area contributed by atoms with Crippen molar-refractivity contribution >= 4 is 29.0 Å². The van der Waals surface area contributed by atoms with Crippen molar-refractivity contribution in [3.8, 4) is 5.75 Å². The summed E-state index contributed by atoms with van der Waals surface area (Å²) < 4.78 is 0. The number of rotatable bonds is 6. The van der Waals surface area contributed by atoms with Crippen molar-refractivity contribution < 1.29 is 29.7 Å². The zero-order chi connectivity index (χ0) is 24.1. The number of carboxylic acid groups (broad SMARTS) is 2. The van der Waals surface area contributed by atoms with Crippen molar-refractivity contribution in [2.75, 3.05) is 20.6 Å². The summed E-state index contributed by atoms with van der Waals surface area (Å²) in [5.41, 5.74) is 11.7. The van der Waals surface area contributed by atoms with Gasteiger partial charge < -0.3 is 36.7 Å². The average Bonchev–Trinajstić information content (AvgIpc) is 3.09. The fourth-order valence-corrected chi connectivity index (χ4v) is 2.48. The van der Waals surface area contributed by atoms with E-state index in [-0.39, 0.29) is 5.92 Å². The molecule has 2 atom stereocenters. The smallest absolute Gasteiger partial charge is 0.411 e. The number of phenolic OH excluding ortho intramolecular Hbond substituents is 1. The molecule has 0 fully saturated rings. The van der Waals surface area contributed by atoms with E-state index in [1.165, 1.54) is 5.56 Å². The van der Waals surface area contributed by atoms with E-state index in [4.69, 9.17) is 20.7 Å². The number of imide groups is 1. The lowest BCUT2D eigenvalue weighted by Crippen LogP contribution is -2.46. The van der Waals surface area contributed by atoms with Crippen molar-refractivity contribution in [3.63, 3.8) is 0 Å². The molecule has 0 spiro atoms. The molecular weight excluding hydrogens is 406 g/mol. The molecule has 0 saturated heterocycles. The van der Waals surface area contributed by atoms with Crippen LogP contribution in [0.5, 0.6) is 5.75 Å². The van der Waals surface area contributed by atoms with Gasteiger partial charge in [0.05, 0.1) is 6.04 Å². The van der Waals surface area contributed by atoms with Gasteiger partial charge in [-0.05, 0) is 44.1 Å². The van der Waals surface area contributed by atoms with E-state index >= 15 is 0 Å². The fraction of sp³-hybridized carbons (Fsp3) is 0.450. The zero-order valence-corrected chi connectivity index (χ0v) is 18.3. The quantitative estimate of drug-likeness (QED) is 0.353. The molecule has 0 bridgehead atoms. The number of aromatic amines is 1. The van der Waals surface area contributed by atoms with Gasteiger partial charge in [0.2, 0.25) is 5.91 Å². The molecule has 0 aliphatic heterocycles. The van der Waals surface area contributed by atoms with E-state index in [9.17, 15) is 14.7 Å². The Balaban J connectivity index is 0.000000507. The van der Waals surface area contributed by atoms with Crippen LogP contribution in [0.3, 0.4) is 0 Å². The Kier molecular flexibility index (Phi) is 12.4. The first kappa shape index (κ1) is 27.7. The van der Waals surface area contributed by atoms with Crippen molar-refractivity contribution in [3.05, 3.63) is 30.0 Å². The van der Waals surface area contributed by atoms with Gasteiger partial charge in [0, 0.05) is 23.6 Å². The van der Waals surface area contributed by atoms with Crippen LogP contribution in [0.4, 0.5) is 9.59 Å². The highest BCUT2D eigenvalue weighted by Crippen LogP contribution is 2.27. The molecule has 1 aromatic carbocycles. The second-order valence-electron chi connectivity index (χ2n) is 7.11. The highest BCUT2D eigenvalue weighted by molar-refractivity contribution is 5.94. The SMILES string of the molecule is CC[C@H](C)[C@H](N)C(=O)NC(=O)O.CN(C)CCc1c[nH]c2cccc(O)c12.NC(=O)O. The van der Waals surface area contributed by atoms with Crippen LogP contribution < -0.4 is 16.8 Å². The van der Waals surface area contributed by atoms with Crippen molar-refractivity contribution in [1.29, 1.82) is 0 Å². The van der Waals surface area contributed by atoms with Crippen LogP contribution in [0.15, 0.2) is 24.4 Å². The number of primary amides is 1. The average molecular weight is 440 g/mol. The number of H-pyrrole nitrogens is 1. The Morgan fingerprint density at radius 1 is 1.23 bits per heavy atom. The molecule has 174 valence electrons. The van der Waals surface area contributed by atoms with Crippen LogP contribution in [0.2, 0.25) is 0 Å². The van der Waals surface area contributed by atoms with Crippen LogP contribution in [0.25, 0.3) is 10.9 Å². The first-order chi connectivity index (χ1) is 14.4. The Labute approximate surface area is 181 Å². The van der Waals surface area contributed by atoms with E-state index in [1.54, 1.807) is 18.3 Å². The molecule has 2 rings (SSSR count). The minimum atomic E-state index is -1.36. The number of aromatic hydroxyl groups is 1. The highest BCUT2D eigenvalue weighted by Gasteiger charge is 2.20. The Hall–Kier alpha value is -3.31. The largest absolute Gasteiger partial charge is 0.507 e. The minimum Gasteiger partial charge on any atom is -0.507 e. The number of carbonyl (C=O) groups excluding carboxylic acids is 1.